The first-order valence-corrected chi connectivity index (χ1v) is 13.6. The lowest BCUT2D eigenvalue weighted by molar-refractivity contribution is 0.0270. The minimum atomic E-state index is -0.575. The maximum atomic E-state index is 13.3. The van der Waals surface area contributed by atoms with Crippen LogP contribution in [0.2, 0.25) is 15.1 Å². The number of para-hydroxylation sites is 1. The van der Waals surface area contributed by atoms with Crippen LogP contribution in [0, 0.1) is 0 Å². The second kappa shape index (κ2) is 10.7. The highest BCUT2D eigenvalue weighted by Gasteiger charge is 2.25. The van der Waals surface area contributed by atoms with Crippen LogP contribution >= 0.6 is 34.8 Å². The van der Waals surface area contributed by atoms with Gasteiger partial charge in [0.05, 0.1) is 32.6 Å². The number of amides is 1. The van der Waals surface area contributed by atoms with Gasteiger partial charge in [-0.25, -0.2) is 9.78 Å². The molecule has 39 heavy (non-hydrogen) atoms. The van der Waals surface area contributed by atoms with E-state index in [1.165, 1.54) is 10.6 Å². The first kappa shape index (κ1) is 27.3. The van der Waals surface area contributed by atoms with E-state index in [0.29, 0.717) is 62.6 Å². The van der Waals surface area contributed by atoms with Crippen molar-refractivity contribution in [3.8, 4) is 16.9 Å². The molecule has 0 unspecified atom stereocenters. The van der Waals surface area contributed by atoms with Gasteiger partial charge in [-0.05, 0) is 63.1 Å². The topological polar surface area (TPSA) is 64.4 Å². The monoisotopic (exact) mass is 581 g/mol. The number of fused-ring (bicyclic) bond motifs is 1. The molecule has 0 atom stereocenters. The van der Waals surface area contributed by atoms with Gasteiger partial charge in [-0.2, -0.15) is 0 Å². The summed E-state index contributed by atoms with van der Waals surface area (Å²) in [5, 5.41) is 1.94. The van der Waals surface area contributed by atoms with E-state index in [1.54, 1.807) is 35.2 Å². The van der Waals surface area contributed by atoms with Crippen LogP contribution in [-0.4, -0.2) is 39.2 Å². The van der Waals surface area contributed by atoms with Gasteiger partial charge in [0.15, 0.2) is 0 Å². The number of carbonyl (C=O) groups is 1. The minimum Gasteiger partial charge on any atom is -0.444 e. The van der Waals surface area contributed by atoms with E-state index >= 15 is 0 Å². The van der Waals surface area contributed by atoms with Crippen LogP contribution in [0.4, 0.5) is 4.79 Å². The quantitative estimate of drug-likeness (QED) is 0.245. The SMILES string of the molecule is CC(C)(C)OC(=O)N1CC=C(c2cc3c(ccc(=O)n3-c3c(Cl)cccc3Cl)c(-c3ccccc3Cl)n2)CC1. The highest BCUT2D eigenvalue weighted by atomic mass is 35.5. The van der Waals surface area contributed by atoms with Crippen molar-refractivity contribution in [3.05, 3.63) is 97.9 Å². The smallest absolute Gasteiger partial charge is 0.410 e. The second-order valence-electron chi connectivity index (χ2n) is 10.3. The van der Waals surface area contributed by atoms with E-state index in [2.05, 4.69) is 0 Å². The Hall–Kier alpha value is -3.32. The molecule has 0 saturated carbocycles. The number of hydrogen-bond donors (Lipinski definition) is 0. The first-order valence-electron chi connectivity index (χ1n) is 12.5. The van der Waals surface area contributed by atoms with Gasteiger partial charge < -0.3 is 9.64 Å². The number of benzene rings is 2. The molecule has 0 bridgehead atoms. The van der Waals surface area contributed by atoms with Crippen LogP contribution in [0.3, 0.4) is 0 Å². The van der Waals surface area contributed by atoms with Gasteiger partial charge in [-0.15, -0.1) is 0 Å². The van der Waals surface area contributed by atoms with Crippen molar-refractivity contribution in [3.63, 3.8) is 0 Å². The summed E-state index contributed by atoms with van der Waals surface area (Å²) in [7, 11) is 0. The Morgan fingerprint density at radius 2 is 1.64 bits per heavy atom. The normalized spacial score (nSPS) is 13.9. The number of halogens is 3. The summed E-state index contributed by atoms with van der Waals surface area (Å²) in [5.74, 6) is 0. The van der Waals surface area contributed by atoms with Gasteiger partial charge in [0, 0.05) is 35.1 Å². The van der Waals surface area contributed by atoms with E-state index in [1.807, 2.05) is 51.1 Å². The lowest BCUT2D eigenvalue weighted by Gasteiger charge is -2.29. The zero-order valence-electron chi connectivity index (χ0n) is 21.7. The molecule has 2 aromatic heterocycles. The first-order chi connectivity index (χ1) is 18.5. The summed E-state index contributed by atoms with van der Waals surface area (Å²) >= 11 is 19.7. The number of carbonyl (C=O) groups excluding carboxylic acids is 1. The highest BCUT2D eigenvalue weighted by Crippen LogP contribution is 2.37. The molecule has 9 heteroatoms. The molecule has 4 aromatic rings. The maximum absolute atomic E-state index is 13.3. The molecular weight excluding hydrogens is 557 g/mol. The Labute approximate surface area is 241 Å². The van der Waals surface area contributed by atoms with Crippen LogP contribution in [0.1, 0.15) is 32.9 Å². The summed E-state index contributed by atoms with van der Waals surface area (Å²) in [4.78, 5) is 32.6. The number of rotatable bonds is 3. The van der Waals surface area contributed by atoms with Gasteiger partial charge in [0.1, 0.15) is 5.60 Å². The highest BCUT2D eigenvalue weighted by molar-refractivity contribution is 6.38. The Morgan fingerprint density at radius 3 is 2.28 bits per heavy atom. The average Bonchev–Trinajstić information content (AvgIpc) is 2.88. The predicted octanol–water partition coefficient (Wildman–Crippen LogP) is 8.04. The molecule has 0 fully saturated rings. The Bertz CT molecular complexity index is 1670. The van der Waals surface area contributed by atoms with Crippen molar-refractivity contribution >= 4 is 57.4 Å². The zero-order valence-corrected chi connectivity index (χ0v) is 23.9. The second-order valence-corrected chi connectivity index (χ2v) is 11.5. The molecule has 6 nitrogen and oxygen atoms in total. The molecular formula is C30H26Cl3N3O3. The molecule has 0 N–H and O–H groups in total. The van der Waals surface area contributed by atoms with E-state index in [4.69, 9.17) is 44.5 Å². The molecule has 0 saturated heterocycles. The Kier molecular flexibility index (Phi) is 7.47. The molecule has 0 radical (unpaired) electrons. The molecule has 0 spiro atoms. The van der Waals surface area contributed by atoms with Crippen molar-refractivity contribution in [2.24, 2.45) is 0 Å². The third-order valence-electron chi connectivity index (χ3n) is 6.37. The number of aromatic nitrogens is 2. The lowest BCUT2D eigenvalue weighted by Crippen LogP contribution is -2.39. The largest absolute Gasteiger partial charge is 0.444 e. The van der Waals surface area contributed by atoms with Crippen molar-refractivity contribution in [2.45, 2.75) is 32.8 Å². The van der Waals surface area contributed by atoms with E-state index in [0.717, 1.165) is 11.1 Å². The van der Waals surface area contributed by atoms with Gasteiger partial charge >= 0.3 is 6.09 Å². The Balaban J connectivity index is 1.71. The Morgan fingerprint density at radius 1 is 0.949 bits per heavy atom. The predicted molar refractivity (Wildman–Crippen MR) is 158 cm³/mol. The van der Waals surface area contributed by atoms with Crippen molar-refractivity contribution in [1.82, 2.24) is 14.5 Å². The van der Waals surface area contributed by atoms with Crippen molar-refractivity contribution < 1.29 is 9.53 Å². The molecule has 200 valence electrons. The molecule has 5 rings (SSSR count). The third kappa shape index (κ3) is 5.55. The van der Waals surface area contributed by atoms with Gasteiger partial charge in [0.2, 0.25) is 0 Å². The van der Waals surface area contributed by atoms with Crippen molar-refractivity contribution in [2.75, 3.05) is 13.1 Å². The minimum absolute atomic E-state index is 0.284. The van der Waals surface area contributed by atoms with Crippen LogP contribution in [-0.2, 0) is 4.74 Å². The molecule has 0 aliphatic carbocycles. The van der Waals surface area contributed by atoms with Gasteiger partial charge in [0.25, 0.3) is 5.56 Å². The molecule has 1 aliphatic heterocycles. The van der Waals surface area contributed by atoms with Gasteiger partial charge in [-0.3, -0.25) is 9.36 Å². The lowest BCUT2D eigenvalue weighted by atomic mass is 10.00. The third-order valence-corrected chi connectivity index (χ3v) is 7.31. The van der Waals surface area contributed by atoms with E-state index < -0.39 is 5.60 Å². The zero-order chi connectivity index (χ0) is 27.9. The van der Waals surface area contributed by atoms with Crippen LogP contribution < -0.4 is 5.56 Å². The average molecular weight is 583 g/mol. The van der Waals surface area contributed by atoms with Crippen molar-refractivity contribution in [1.29, 1.82) is 0 Å². The summed E-state index contributed by atoms with van der Waals surface area (Å²) in [6.07, 6.45) is 2.17. The summed E-state index contributed by atoms with van der Waals surface area (Å²) in [5.41, 5.74) is 3.10. The summed E-state index contributed by atoms with van der Waals surface area (Å²) < 4.78 is 7.05. The summed E-state index contributed by atoms with van der Waals surface area (Å²) in [6, 6.07) is 17.6. The summed E-state index contributed by atoms with van der Waals surface area (Å²) in [6.45, 7) is 6.38. The molecule has 1 aliphatic rings. The maximum Gasteiger partial charge on any atom is 0.410 e. The fourth-order valence-corrected chi connectivity index (χ4v) is 5.38. The van der Waals surface area contributed by atoms with Crippen LogP contribution in [0.25, 0.3) is 33.4 Å². The van der Waals surface area contributed by atoms with E-state index in [-0.39, 0.29) is 11.7 Å². The molecule has 1 amide bonds. The fraction of sp³-hybridized carbons (Fsp3) is 0.233. The van der Waals surface area contributed by atoms with Gasteiger partial charge in [-0.1, -0.05) is 65.1 Å². The number of hydrogen-bond acceptors (Lipinski definition) is 4. The van der Waals surface area contributed by atoms with Crippen LogP contribution in [0.5, 0.6) is 0 Å². The standard InChI is InChI=1S/C30H26Cl3N3O3/c1-30(2,3)39-29(38)35-15-13-18(14-16-35)24-17-25-20(27(34-24)19-7-4-5-8-21(19)31)11-12-26(37)36(25)28-22(32)9-6-10-23(28)33/h4-13,17H,14-16H2,1-3H3. The fourth-order valence-electron chi connectivity index (χ4n) is 4.59. The number of nitrogens with zero attached hydrogens (tertiary/aromatic N) is 3. The number of ether oxygens (including phenoxy) is 1. The molecule has 2 aromatic carbocycles. The van der Waals surface area contributed by atoms with Crippen LogP contribution in [0.15, 0.2) is 71.5 Å². The molecule has 3 heterocycles. The van der Waals surface area contributed by atoms with E-state index in [9.17, 15) is 9.59 Å². The number of pyridine rings is 2.